The molecule has 0 radical (unpaired) electrons. The molecule has 0 saturated heterocycles. The number of hydrogen-bond acceptors (Lipinski definition) is 5. The van der Waals surface area contributed by atoms with Gasteiger partial charge in [-0.25, -0.2) is 0 Å². The van der Waals surface area contributed by atoms with Crippen molar-refractivity contribution in [2.45, 2.75) is 25.3 Å². The average molecular weight is 279 g/mol. The molecule has 0 spiro atoms. The largest absolute Gasteiger partial charge is 0.398 e. The van der Waals surface area contributed by atoms with E-state index in [4.69, 9.17) is 10.8 Å². The first-order chi connectivity index (χ1) is 9.54. The van der Waals surface area contributed by atoms with E-state index < -0.39 is 4.92 Å². The Morgan fingerprint density at radius 2 is 2.20 bits per heavy atom. The van der Waals surface area contributed by atoms with E-state index >= 15 is 0 Å². The third kappa shape index (κ3) is 2.72. The van der Waals surface area contributed by atoms with Gasteiger partial charge in [0, 0.05) is 30.4 Å². The molecule has 1 saturated carbocycles. The number of nitrogens with two attached hydrogens (primary N) is 1. The second-order valence-electron chi connectivity index (χ2n) is 4.84. The Morgan fingerprint density at radius 3 is 2.70 bits per heavy atom. The number of non-ortho nitro benzene ring substituents is 1. The molecule has 7 heteroatoms. The van der Waals surface area contributed by atoms with Crippen molar-refractivity contribution >= 4 is 17.3 Å². The van der Waals surface area contributed by atoms with Crippen molar-refractivity contribution in [3.05, 3.63) is 33.9 Å². The van der Waals surface area contributed by atoms with Crippen molar-refractivity contribution in [1.82, 2.24) is 4.90 Å². The van der Waals surface area contributed by atoms with Crippen LogP contribution in [0, 0.1) is 10.1 Å². The normalized spacial score (nSPS) is 14.7. The number of nitro groups is 1. The van der Waals surface area contributed by atoms with E-state index in [1.54, 1.807) is 4.90 Å². The van der Waals surface area contributed by atoms with Crippen LogP contribution in [0.15, 0.2) is 18.2 Å². The summed E-state index contributed by atoms with van der Waals surface area (Å²) in [6, 6.07) is 3.92. The highest BCUT2D eigenvalue weighted by molar-refractivity contribution is 6.00. The first kappa shape index (κ1) is 14.3. The maximum absolute atomic E-state index is 12.5. The van der Waals surface area contributed by atoms with Crippen LogP contribution in [0.3, 0.4) is 0 Å². The third-order valence-corrected chi connectivity index (χ3v) is 3.60. The number of benzene rings is 1. The van der Waals surface area contributed by atoms with Gasteiger partial charge in [0.05, 0.1) is 17.1 Å². The summed E-state index contributed by atoms with van der Waals surface area (Å²) in [5, 5.41) is 19.9. The van der Waals surface area contributed by atoms with Crippen LogP contribution < -0.4 is 5.73 Å². The van der Waals surface area contributed by atoms with Gasteiger partial charge in [-0.3, -0.25) is 14.9 Å². The van der Waals surface area contributed by atoms with Gasteiger partial charge < -0.3 is 15.7 Å². The number of aliphatic hydroxyl groups is 1. The average Bonchev–Trinajstić information content (AvgIpc) is 2.35. The van der Waals surface area contributed by atoms with Crippen molar-refractivity contribution in [3.63, 3.8) is 0 Å². The molecule has 1 fully saturated rings. The lowest BCUT2D eigenvalue weighted by atomic mass is 9.91. The molecule has 0 atom stereocenters. The van der Waals surface area contributed by atoms with Crippen LogP contribution in [-0.2, 0) is 0 Å². The summed E-state index contributed by atoms with van der Waals surface area (Å²) in [4.78, 5) is 24.3. The number of carbonyl (C=O) groups excluding carboxylic acids is 1. The minimum Gasteiger partial charge on any atom is -0.398 e. The van der Waals surface area contributed by atoms with Crippen molar-refractivity contribution < 1.29 is 14.8 Å². The zero-order valence-corrected chi connectivity index (χ0v) is 11.0. The minimum absolute atomic E-state index is 0.0910. The summed E-state index contributed by atoms with van der Waals surface area (Å²) in [5.41, 5.74) is 5.92. The molecule has 0 heterocycles. The van der Waals surface area contributed by atoms with Crippen LogP contribution >= 0.6 is 0 Å². The number of rotatable bonds is 5. The van der Waals surface area contributed by atoms with Crippen molar-refractivity contribution in [2.24, 2.45) is 0 Å². The Hall–Kier alpha value is -2.15. The lowest BCUT2D eigenvalue weighted by Gasteiger charge is -2.37. The molecule has 7 nitrogen and oxygen atoms in total. The lowest BCUT2D eigenvalue weighted by Crippen LogP contribution is -2.45. The quantitative estimate of drug-likeness (QED) is 0.477. The number of nitrogen functional groups attached to an aromatic ring is 1. The highest BCUT2D eigenvalue weighted by Gasteiger charge is 2.30. The maximum Gasteiger partial charge on any atom is 0.270 e. The Bertz CT molecular complexity index is 528. The number of nitrogens with zero attached hydrogens (tertiary/aromatic N) is 2. The number of hydrogen-bond donors (Lipinski definition) is 2. The predicted molar refractivity (Wildman–Crippen MR) is 73.3 cm³/mol. The fourth-order valence-electron chi connectivity index (χ4n) is 2.25. The Kier molecular flexibility index (Phi) is 4.19. The van der Waals surface area contributed by atoms with E-state index in [0.717, 1.165) is 19.3 Å². The summed E-state index contributed by atoms with van der Waals surface area (Å²) in [6.07, 6.45) is 2.82. The second kappa shape index (κ2) is 5.87. The van der Waals surface area contributed by atoms with Crippen LogP contribution in [0.1, 0.15) is 29.6 Å². The summed E-state index contributed by atoms with van der Waals surface area (Å²) < 4.78 is 0. The SMILES string of the molecule is Nc1ccc([N+](=O)[O-])cc1C(=O)N(CCO)C1CCC1. The molecule has 0 bridgehead atoms. The number of amides is 1. The first-order valence-corrected chi connectivity index (χ1v) is 6.50. The van der Waals surface area contributed by atoms with E-state index in [-0.39, 0.29) is 42.0 Å². The van der Waals surface area contributed by atoms with Gasteiger partial charge in [0.15, 0.2) is 0 Å². The van der Waals surface area contributed by atoms with E-state index in [1.807, 2.05) is 0 Å². The molecule has 108 valence electrons. The summed E-state index contributed by atoms with van der Waals surface area (Å²) >= 11 is 0. The Labute approximate surface area is 116 Å². The molecule has 1 amide bonds. The molecule has 0 aromatic heterocycles. The summed E-state index contributed by atoms with van der Waals surface area (Å²) in [5.74, 6) is -0.357. The van der Waals surface area contributed by atoms with Gasteiger partial charge in [0.2, 0.25) is 0 Å². The smallest absolute Gasteiger partial charge is 0.270 e. The van der Waals surface area contributed by atoms with Gasteiger partial charge in [0.25, 0.3) is 11.6 Å². The third-order valence-electron chi connectivity index (χ3n) is 3.60. The van der Waals surface area contributed by atoms with Crippen molar-refractivity contribution in [1.29, 1.82) is 0 Å². The Balaban J connectivity index is 2.30. The van der Waals surface area contributed by atoms with Gasteiger partial charge >= 0.3 is 0 Å². The summed E-state index contributed by atoms with van der Waals surface area (Å²) in [7, 11) is 0. The van der Waals surface area contributed by atoms with Gasteiger partial charge in [0.1, 0.15) is 0 Å². The Morgan fingerprint density at radius 1 is 1.50 bits per heavy atom. The van der Waals surface area contributed by atoms with Crippen LogP contribution in [0.5, 0.6) is 0 Å². The number of carbonyl (C=O) groups is 1. The van der Waals surface area contributed by atoms with Crippen LogP contribution in [-0.4, -0.2) is 40.0 Å². The zero-order chi connectivity index (χ0) is 14.7. The zero-order valence-electron chi connectivity index (χ0n) is 11.0. The molecule has 0 aliphatic heterocycles. The topological polar surface area (TPSA) is 110 Å². The summed E-state index contributed by atoms with van der Waals surface area (Å²) in [6.45, 7) is 0.0721. The van der Waals surface area contributed by atoms with Crippen molar-refractivity contribution in [3.8, 4) is 0 Å². The molecule has 0 unspecified atom stereocenters. The van der Waals surface area contributed by atoms with Crippen LogP contribution in [0.25, 0.3) is 0 Å². The lowest BCUT2D eigenvalue weighted by molar-refractivity contribution is -0.384. The van der Waals surface area contributed by atoms with Gasteiger partial charge in [-0.1, -0.05) is 0 Å². The molecular weight excluding hydrogens is 262 g/mol. The maximum atomic E-state index is 12.5. The fourth-order valence-corrected chi connectivity index (χ4v) is 2.25. The molecule has 20 heavy (non-hydrogen) atoms. The monoisotopic (exact) mass is 279 g/mol. The van der Waals surface area contributed by atoms with E-state index in [1.165, 1.54) is 18.2 Å². The van der Waals surface area contributed by atoms with Gasteiger partial charge in [-0.2, -0.15) is 0 Å². The second-order valence-corrected chi connectivity index (χ2v) is 4.84. The van der Waals surface area contributed by atoms with Crippen LogP contribution in [0.2, 0.25) is 0 Å². The predicted octanol–water partition coefficient (Wildman–Crippen LogP) is 1.16. The molecular formula is C13H17N3O4. The highest BCUT2D eigenvalue weighted by Crippen LogP contribution is 2.28. The van der Waals surface area contributed by atoms with E-state index in [2.05, 4.69) is 0 Å². The minimum atomic E-state index is -0.560. The van der Waals surface area contributed by atoms with Gasteiger partial charge in [-0.05, 0) is 25.3 Å². The van der Waals surface area contributed by atoms with Crippen LogP contribution in [0.4, 0.5) is 11.4 Å². The molecule has 1 aromatic rings. The number of aliphatic hydroxyl groups excluding tert-OH is 1. The van der Waals surface area contributed by atoms with Gasteiger partial charge in [-0.15, -0.1) is 0 Å². The number of anilines is 1. The van der Waals surface area contributed by atoms with E-state index in [9.17, 15) is 14.9 Å². The molecule has 3 N–H and O–H groups in total. The fraction of sp³-hybridized carbons (Fsp3) is 0.462. The standard InChI is InChI=1S/C13H17N3O4/c14-12-5-4-10(16(19)20)8-11(12)13(18)15(6-7-17)9-2-1-3-9/h4-5,8-9,17H,1-3,6-7,14H2. The molecule has 1 aliphatic carbocycles. The molecule has 2 rings (SSSR count). The molecule has 1 aromatic carbocycles. The molecule has 1 aliphatic rings. The first-order valence-electron chi connectivity index (χ1n) is 6.50. The highest BCUT2D eigenvalue weighted by atomic mass is 16.6. The number of nitro benzene ring substituents is 1. The van der Waals surface area contributed by atoms with E-state index in [0.29, 0.717) is 0 Å². The van der Waals surface area contributed by atoms with Crippen molar-refractivity contribution in [2.75, 3.05) is 18.9 Å².